The number of nitrogens with one attached hydrogen (secondary N) is 8. The van der Waals surface area contributed by atoms with E-state index < -0.39 is 85.2 Å². The van der Waals surface area contributed by atoms with Gasteiger partial charge in [-0.25, -0.2) is 0 Å². The van der Waals surface area contributed by atoms with Gasteiger partial charge in [-0.05, 0) is 102 Å². The second-order valence-electron chi connectivity index (χ2n) is 16.9. The molecule has 0 aliphatic heterocycles. The first-order chi connectivity index (χ1) is 31.1. The number of unbranched alkanes of at least 4 members (excludes halogenated alkanes) is 1. The van der Waals surface area contributed by atoms with Crippen LogP contribution in [0.5, 0.6) is 5.75 Å². The van der Waals surface area contributed by atoms with Crippen LogP contribution in [0, 0.1) is 5.92 Å². The summed E-state index contributed by atoms with van der Waals surface area (Å²) in [7, 11) is 0. The van der Waals surface area contributed by atoms with Gasteiger partial charge in [0, 0.05) is 6.04 Å². The van der Waals surface area contributed by atoms with Crippen LogP contribution in [0.25, 0.3) is 0 Å². The van der Waals surface area contributed by atoms with Gasteiger partial charge < -0.3 is 52.2 Å². The van der Waals surface area contributed by atoms with Gasteiger partial charge in [0.25, 0.3) is 5.91 Å². The number of thioether (sulfide) groups is 1. The number of para-hydroxylation sites is 1. The Kier molecular flexibility index (Phi) is 28.3. The standard InChI is InChI=1S/C46H77N9O9S/c1-7-55(8-2)25-18-17-23-36(53-46(63)38(27-32(3)4)54-43(60)33(5)50-42(59)31-64-35-21-15-12-16-22-35)44(61)49-29-40(57)47-28-39(56)48-30-41(58)52-37(24-26-65-6)45(62)51-34-19-13-10-9-11-14-20-34/h12,15-16,21-22,32-34,36-38H,7-11,13-14,17-20,23-31H2,1-6H3,(H,47,57)(H,48,56)(H,49,61)(H,50,59)(H,51,62)(H,52,58)(H,53,63)(H,54,60)/t33-,36-,37-,38?/m0/s1. The van der Waals surface area contributed by atoms with E-state index in [1.165, 1.54) is 13.3 Å². The average molecular weight is 932 g/mol. The summed E-state index contributed by atoms with van der Waals surface area (Å²) < 4.78 is 5.46. The van der Waals surface area contributed by atoms with E-state index >= 15 is 0 Å². The minimum atomic E-state index is -1.05. The Hall–Kier alpha value is -4.91. The van der Waals surface area contributed by atoms with Gasteiger partial charge >= 0.3 is 0 Å². The summed E-state index contributed by atoms with van der Waals surface area (Å²) in [5, 5.41) is 21.3. The van der Waals surface area contributed by atoms with Crippen molar-refractivity contribution in [3.63, 3.8) is 0 Å². The van der Waals surface area contributed by atoms with Crippen LogP contribution >= 0.6 is 11.8 Å². The van der Waals surface area contributed by atoms with Crippen LogP contribution < -0.4 is 47.3 Å². The number of hydrogen-bond acceptors (Lipinski definition) is 11. The maximum absolute atomic E-state index is 13.7. The van der Waals surface area contributed by atoms with Gasteiger partial charge in [-0.3, -0.25) is 38.4 Å². The molecule has 0 heterocycles. The van der Waals surface area contributed by atoms with Crippen molar-refractivity contribution in [2.24, 2.45) is 5.92 Å². The molecule has 0 bridgehead atoms. The fraction of sp³-hybridized carbons (Fsp3) is 0.696. The van der Waals surface area contributed by atoms with E-state index in [2.05, 4.69) is 61.3 Å². The number of amides is 8. The molecule has 1 aliphatic rings. The van der Waals surface area contributed by atoms with Crippen molar-refractivity contribution in [1.29, 1.82) is 0 Å². The number of carbonyl (C=O) groups excluding carboxylic acids is 8. The number of ether oxygens (including phenoxy) is 1. The van der Waals surface area contributed by atoms with Gasteiger partial charge in [-0.15, -0.1) is 0 Å². The number of benzene rings is 1. The third-order valence-electron chi connectivity index (χ3n) is 11.0. The Morgan fingerprint density at radius 2 is 1.23 bits per heavy atom. The van der Waals surface area contributed by atoms with Gasteiger partial charge in [-0.1, -0.05) is 78.0 Å². The van der Waals surface area contributed by atoms with E-state index in [1.54, 1.807) is 36.0 Å². The number of rotatable bonds is 30. The van der Waals surface area contributed by atoms with Gasteiger partial charge in [0.15, 0.2) is 6.61 Å². The highest BCUT2D eigenvalue weighted by Gasteiger charge is 2.30. The summed E-state index contributed by atoms with van der Waals surface area (Å²) in [4.78, 5) is 106. The fourth-order valence-corrected chi connectivity index (χ4v) is 7.68. The molecule has 1 saturated carbocycles. The lowest BCUT2D eigenvalue weighted by Crippen LogP contribution is -2.57. The number of carbonyl (C=O) groups is 8. The summed E-state index contributed by atoms with van der Waals surface area (Å²) in [6.45, 7) is 10.2. The Bertz CT molecular complexity index is 1630. The topological polar surface area (TPSA) is 245 Å². The lowest BCUT2D eigenvalue weighted by atomic mass is 9.96. The summed E-state index contributed by atoms with van der Waals surface area (Å²) >= 11 is 1.56. The molecule has 1 unspecified atom stereocenters. The molecular formula is C46H77N9O9S. The highest BCUT2D eigenvalue weighted by Crippen LogP contribution is 2.17. The predicted octanol–water partition coefficient (Wildman–Crippen LogP) is 1.91. The zero-order valence-corrected chi connectivity index (χ0v) is 40.3. The minimum Gasteiger partial charge on any atom is -0.484 e. The molecule has 0 saturated heterocycles. The summed E-state index contributed by atoms with van der Waals surface area (Å²) in [5.41, 5.74) is 0. The van der Waals surface area contributed by atoms with Crippen molar-refractivity contribution in [3.05, 3.63) is 30.3 Å². The van der Waals surface area contributed by atoms with Gasteiger partial charge in [-0.2, -0.15) is 11.8 Å². The Morgan fingerprint density at radius 3 is 1.85 bits per heavy atom. The van der Waals surface area contributed by atoms with E-state index in [-0.39, 0.29) is 37.3 Å². The van der Waals surface area contributed by atoms with E-state index in [9.17, 15) is 38.4 Å². The van der Waals surface area contributed by atoms with Gasteiger partial charge in [0.2, 0.25) is 41.4 Å². The zero-order chi connectivity index (χ0) is 48.0. The molecule has 1 aliphatic carbocycles. The maximum atomic E-state index is 13.7. The average Bonchev–Trinajstić information content (AvgIpc) is 3.27. The van der Waals surface area contributed by atoms with Crippen LogP contribution in [0.2, 0.25) is 0 Å². The lowest BCUT2D eigenvalue weighted by Gasteiger charge is -2.26. The molecule has 1 aromatic rings. The molecule has 8 amide bonds. The van der Waals surface area contributed by atoms with Crippen molar-refractivity contribution in [3.8, 4) is 5.75 Å². The van der Waals surface area contributed by atoms with Gasteiger partial charge in [0.1, 0.15) is 29.9 Å². The molecule has 8 N–H and O–H groups in total. The molecule has 19 heteroatoms. The molecule has 18 nitrogen and oxygen atoms in total. The zero-order valence-electron chi connectivity index (χ0n) is 39.5. The van der Waals surface area contributed by atoms with Crippen LogP contribution in [-0.4, -0.2) is 140 Å². The molecule has 0 spiro atoms. The van der Waals surface area contributed by atoms with E-state index in [0.29, 0.717) is 24.3 Å². The first-order valence-electron chi connectivity index (χ1n) is 23.4. The lowest BCUT2D eigenvalue weighted by molar-refractivity contribution is -0.134. The van der Waals surface area contributed by atoms with Crippen molar-refractivity contribution < 1.29 is 43.1 Å². The number of hydrogen-bond donors (Lipinski definition) is 8. The molecule has 65 heavy (non-hydrogen) atoms. The molecule has 2 rings (SSSR count). The van der Waals surface area contributed by atoms with Gasteiger partial charge in [0.05, 0.1) is 19.6 Å². The Morgan fingerprint density at radius 1 is 0.646 bits per heavy atom. The van der Waals surface area contributed by atoms with Crippen LogP contribution in [0.4, 0.5) is 0 Å². The normalized spacial score (nSPS) is 14.9. The van der Waals surface area contributed by atoms with E-state index in [0.717, 1.165) is 64.6 Å². The van der Waals surface area contributed by atoms with Crippen LogP contribution in [0.3, 0.4) is 0 Å². The molecule has 366 valence electrons. The second-order valence-corrected chi connectivity index (χ2v) is 17.9. The Labute approximate surface area is 390 Å². The second kappa shape index (κ2) is 32.7. The molecular weight excluding hydrogens is 855 g/mol. The molecule has 0 radical (unpaired) electrons. The largest absolute Gasteiger partial charge is 0.484 e. The van der Waals surface area contributed by atoms with Crippen molar-refractivity contribution in [1.82, 2.24) is 47.4 Å². The summed E-state index contributed by atoms with van der Waals surface area (Å²) in [6, 6.07) is 4.99. The van der Waals surface area contributed by atoms with E-state index in [4.69, 9.17) is 4.74 Å². The smallest absolute Gasteiger partial charge is 0.258 e. The molecule has 4 atom stereocenters. The Balaban J connectivity index is 1.94. The highest BCUT2D eigenvalue weighted by atomic mass is 32.2. The van der Waals surface area contributed by atoms with E-state index in [1.807, 2.05) is 26.2 Å². The molecule has 1 fully saturated rings. The first kappa shape index (κ1) is 56.2. The third kappa shape index (κ3) is 24.8. The predicted molar refractivity (Wildman–Crippen MR) is 253 cm³/mol. The number of nitrogens with zero attached hydrogens (tertiary/aromatic N) is 1. The summed E-state index contributed by atoms with van der Waals surface area (Å²) in [5.74, 6) is -3.32. The molecule has 0 aromatic heterocycles. The van der Waals surface area contributed by atoms with Crippen molar-refractivity contribution in [2.45, 2.75) is 142 Å². The SMILES string of the molecule is CCN(CC)CCCC[C@H](NC(=O)C(CC(C)C)NC(=O)[C@H](C)NC(=O)COc1ccccc1)C(=O)NCC(=O)NCC(=O)NCC(=O)N[C@@H](CCSC)C(=O)NC1CCCCCCC1. The van der Waals surface area contributed by atoms with Crippen molar-refractivity contribution in [2.75, 3.05) is 57.9 Å². The third-order valence-corrected chi connectivity index (χ3v) is 11.6. The van der Waals surface area contributed by atoms with Crippen LogP contribution in [0.15, 0.2) is 30.3 Å². The maximum Gasteiger partial charge on any atom is 0.258 e. The van der Waals surface area contributed by atoms with Crippen LogP contribution in [-0.2, 0) is 38.4 Å². The minimum absolute atomic E-state index is 0.0272. The highest BCUT2D eigenvalue weighted by molar-refractivity contribution is 7.98. The molecule has 1 aromatic carbocycles. The van der Waals surface area contributed by atoms with Crippen molar-refractivity contribution >= 4 is 59.0 Å². The quantitative estimate of drug-likeness (QED) is 0.0518. The monoisotopic (exact) mass is 932 g/mol. The van der Waals surface area contributed by atoms with Crippen LogP contribution in [0.1, 0.15) is 112 Å². The summed E-state index contributed by atoms with van der Waals surface area (Å²) in [6.07, 6.45) is 11.6. The first-order valence-corrected chi connectivity index (χ1v) is 24.7. The fourth-order valence-electron chi connectivity index (χ4n) is 7.20.